The van der Waals surface area contributed by atoms with E-state index in [-0.39, 0.29) is 5.78 Å². The molecule has 3 nitrogen and oxygen atoms in total. The molecule has 3 heteroatoms. The van der Waals surface area contributed by atoms with Gasteiger partial charge in [-0.05, 0) is 19.4 Å². The van der Waals surface area contributed by atoms with Crippen LogP contribution in [0.15, 0.2) is 24.5 Å². The number of hydrogen-bond acceptors (Lipinski definition) is 2. The molecule has 0 amide bonds. The summed E-state index contributed by atoms with van der Waals surface area (Å²) in [5.41, 5.74) is 0.671. The molecule has 1 aromatic heterocycles. The highest BCUT2D eigenvalue weighted by molar-refractivity contribution is 6.04. The predicted octanol–water partition coefficient (Wildman–Crippen LogP) is 2.83. The lowest BCUT2D eigenvalue weighted by Crippen LogP contribution is -1.94. The standard InChI is InChI=1S/C12H18N2O/c1-3-5-6-7-8-12(15)11-9-13-14(4-2)10-11/h7-10H,3-6H2,1-2H3/b8-7+. The number of hydrogen-bond donors (Lipinski definition) is 0. The molecule has 1 rings (SSSR count). The molecule has 0 aromatic carbocycles. The second kappa shape index (κ2) is 6.17. The van der Waals surface area contributed by atoms with Crippen LogP contribution in [0.5, 0.6) is 0 Å². The van der Waals surface area contributed by atoms with Crippen molar-refractivity contribution in [2.45, 2.75) is 39.7 Å². The van der Waals surface area contributed by atoms with E-state index in [4.69, 9.17) is 0 Å². The fourth-order valence-electron chi connectivity index (χ4n) is 1.27. The van der Waals surface area contributed by atoms with E-state index >= 15 is 0 Å². The molecule has 0 fully saturated rings. The molecule has 82 valence electrons. The molecule has 0 unspecified atom stereocenters. The van der Waals surface area contributed by atoms with Crippen molar-refractivity contribution in [3.05, 3.63) is 30.1 Å². The molecule has 0 spiro atoms. The van der Waals surface area contributed by atoms with Gasteiger partial charge < -0.3 is 0 Å². The molecular formula is C12H18N2O. The Morgan fingerprint density at radius 3 is 2.93 bits per heavy atom. The van der Waals surface area contributed by atoms with E-state index in [0.29, 0.717) is 5.56 Å². The van der Waals surface area contributed by atoms with Gasteiger partial charge in [0.15, 0.2) is 5.78 Å². The van der Waals surface area contributed by atoms with Gasteiger partial charge in [0.25, 0.3) is 0 Å². The number of aromatic nitrogens is 2. The first-order valence-electron chi connectivity index (χ1n) is 5.51. The van der Waals surface area contributed by atoms with Crippen molar-refractivity contribution >= 4 is 5.78 Å². The van der Waals surface area contributed by atoms with Crippen molar-refractivity contribution < 1.29 is 4.79 Å². The van der Waals surface area contributed by atoms with Crippen LogP contribution in [-0.4, -0.2) is 15.6 Å². The smallest absolute Gasteiger partial charge is 0.188 e. The normalized spacial score (nSPS) is 11.1. The Balaban J connectivity index is 2.49. The summed E-state index contributed by atoms with van der Waals surface area (Å²) in [7, 11) is 0. The van der Waals surface area contributed by atoms with Crippen molar-refractivity contribution in [2.24, 2.45) is 0 Å². The highest BCUT2D eigenvalue weighted by Gasteiger charge is 2.03. The minimum absolute atomic E-state index is 0.0470. The van der Waals surface area contributed by atoms with Crippen LogP contribution in [0.2, 0.25) is 0 Å². The molecular weight excluding hydrogens is 188 g/mol. The Labute approximate surface area is 90.8 Å². The highest BCUT2D eigenvalue weighted by atomic mass is 16.1. The van der Waals surface area contributed by atoms with Gasteiger partial charge in [-0.2, -0.15) is 5.10 Å². The van der Waals surface area contributed by atoms with Crippen LogP contribution in [0.25, 0.3) is 0 Å². The van der Waals surface area contributed by atoms with Crippen molar-refractivity contribution in [3.63, 3.8) is 0 Å². The Hall–Kier alpha value is -1.38. The van der Waals surface area contributed by atoms with Crippen molar-refractivity contribution in [2.75, 3.05) is 0 Å². The first-order chi connectivity index (χ1) is 7.27. The minimum atomic E-state index is 0.0470. The third-order valence-corrected chi connectivity index (χ3v) is 2.24. The molecule has 0 saturated heterocycles. The third-order valence-electron chi connectivity index (χ3n) is 2.24. The number of rotatable bonds is 6. The summed E-state index contributed by atoms with van der Waals surface area (Å²) < 4.78 is 1.76. The largest absolute Gasteiger partial charge is 0.289 e. The van der Waals surface area contributed by atoms with Gasteiger partial charge in [-0.15, -0.1) is 0 Å². The number of nitrogens with zero attached hydrogens (tertiary/aromatic N) is 2. The molecule has 0 aliphatic heterocycles. The van der Waals surface area contributed by atoms with Gasteiger partial charge in [-0.25, -0.2) is 0 Å². The molecule has 0 atom stereocenters. The third kappa shape index (κ3) is 3.70. The van der Waals surface area contributed by atoms with Crippen LogP contribution < -0.4 is 0 Å². The second-order valence-corrected chi connectivity index (χ2v) is 3.49. The summed E-state index contributed by atoms with van der Waals surface area (Å²) in [5, 5.41) is 4.06. The van der Waals surface area contributed by atoms with Crippen LogP contribution in [0.3, 0.4) is 0 Å². The van der Waals surface area contributed by atoms with Crippen molar-refractivity contribution in [1.82, 2.24) is 9.78 Å². The average molecular weight is 206 g/mol. The molecule has 0 saturated carbocycles. The molecule has 0 aliphatic rings. The lowest BCUT2D eigenvalue weighted by atomic mass is 10.2. The quantitative estimate of drug-likeness (QED) is 0.407. The first-order valence-corrected chi connectivity index (χ1v) is 5.51. The van der Waals surface area contributed by atoms with Crippen molar-refractivity contribution in [3.8, 4) is 0 Å². The second-order valence-electron chi connectivity index (χ2n) is 3.49. The molecule has 0 aliphatic carbocycles. The zero-order chi connectivity index (χ0) is 11.1. The van der Waals surface area contributed by atoms with Crippen LogP contribution in [-0.2, 0) is 6.54 Å². The van der Waals surface area contributed by atoms with E-state index in [0.717, 1.165) is 25.8 Å². The summed E-state index contributed by atoms with van der Waals surface area (Å²) in [6, 6.07) is 0. The van der Waals surface area contributed by atoms with Gasteiger partial charge in [-0.1, -0.05) is 25.8 Å². The number of unbranched alkanes of at least 4 members (excludes halogenated alkanes) is 2. The summed E-state index contributed by atoms with van der Waals surface area (Å²) in [6.45, 7) is 4.94. The van der Waals surface area contributed by atoms with Gasteiger partial charge in [0.2, 0.25) is 0 Å². The lowest BCUT2D eigenvalue weighted by Gasteiger charge is -1.91. The van der Waals surface area contributed by atoms with Gasteiger partial charge in [0.1, 0.15) is 0 Å². The minimum Gasteiger partial charge on any atom is -0.289 e. The number of carbonyl (C=O) groups is 1. The van der Waals surface area contributed by atoms with E-state index in [9.17, 15) is 4.79 Å². The fourth-order valence-corrected chi connectivity index (χ4v) is 1.27. The average Bonchev–Trinajstić information content (AvgIpc) is 2.72. The molecule has 15 heavy (non-hydrogen) atoms. The van der Waals surface area contributed by atoms with E-state index in [2.05, 4.69) is 12.0 Å². The summed E-state index contributed by atoms with van der Waals surface area (Å²) in [4.78, 5) is 11.6. The Morgan fingerprint density at radius 2 is 2.33 bits per heavy atom. The molecule has 0 bridgehead atoms. The topological polar surface area (TPSA) is 34.9 Å². The van der Waals surface area contributed by atoms with Crippen LogP contribution in [0.1, 0.15) is 43.5 Å². The Kier molecular flexibility index (Phi) is 4.81. The number of allylic oxidation sites excluding steroid dienone is 2. The number of aryl methyl sites for hydroxylation is 1. The number of carbonyl (C=O) groups excluding carboxylic acids is 1. The Bertz CT molecular complexity index is 339. The van der Waals surface area contributed by atoms with E-state index < -0.39 is 0 Å². The lowest BCUT2D eigenvalue weighted by molar-refractivity contribution is 0.104. The molecule has 0 radical (unpaired) electrons. The maximum absolute atomic E-state index is 11.6. The summed E-state index contributed by atoms with van der Waals surface area (Å²) in [5.74, 6) is 0.0470. The maximum atomic E-state index is 11.6. The first kappa shape index (κ1) is 11.7. The molecule has 1 aromatic rings. The Morgan fingerprint density at radius 1 is 1.53 bits per heavy atom. The molecule has 1 heterocycles. The summed E-state index contributed by atoms with van der Waals surface area (Å²) in [6.07, 6.45) is 10.3. The van der Waals surface area contributed by atoms with Crippen molar-refractivity contribution in [1.29, 1.82) is 0 Å². The monoisotopic (exact) mass is 206 g/mol. The van der Waals surface area contributed by atoms with Crippen LogP contribution in [0, 0.1) is 0 Å². The van der Waals surface area contributed by atoms with E-state index in [1.807, 2.05) is 13.0 Å². The van der Waals surface area contributed by atoms with Gasteiger partial charge >= 0.3 is 0 Å². The maximum Gasteiger partial charge on any atom is 0.188 e. The molecule has 0 N–H and O–H groups in total. The van der Waals surface area contributed by atoms with Gasteiger partial charge in [-0.3, -0.25) is 9.48 Å². The van der Waals surface area contributed by atoms with Gasteiger partial charge in [0.05, 0.1) is 11.8 Å². The predicted molar refractivity (Wildman–Crippen MR) is 60.9 cm³/mol. The van der Waals surface area contributed by atoms with Crippen LogP contribution in [0.4, 0.5) is 0 Å². The summed E-state index contributed by atoms with van der Waals surface area (Å²) >= 11 is 0. The van der Waals surface area contributed by atoms with E-state index in [1.165, 1.54) is 0 Å². The highest BCUT2D eigenvalue weighted by Crippen LogP contribution is 2.02. The zero-order valence-corrected chi connectivity index (χ0v) is 9.44. The zero-order valence-electron chi connectivity index (χ0n) is 9.44. The SMILES string of the molecule is CCCC/C=C/C(=O)c1cnn(CC)c1. The van der Waals surface area contributed by atoms with Crippen LogP contribution >= 0.6 is 0 Å². The van der Waals surface area contributed by atoms with E-state index in [1.54, 1.807) is 23.2 Å². The fraction of sp³-hybridized carbons (Fsp3) is 0.500. The number of ketones is 1. The van der Waals surface area contributed by atoms with Gasteiger partial charge in [0, 0.05) is 12.7 Å².